The van der Waals surface area contributed by atoms with Gasteiger partial charge >= 0.3 is 0 Å². The minimum atomic E-state index is -1.20. The Morgan fingerprint density at radius 2 is 2.07 bits per heavy atom. The molecule has 10 N–H and O–H groups in total. The number of rotatable bonds is 1. The van der Waals surface area contributed by atoms with E-state index in [9.17, 15) is 9.90 Å². The average Bonchev–Trinajstić information content (AvgIpc) is 3.43. The van der Waals surface area contributed by atoms with Crippen LogP contribution in [0, 0.1) is 17.8 Å². The number of fused-ring (bicyclic) bond motifs is 4. The van der Waals surface area contributed by atoms with Crippen molar-refractivity contribution in [2.24, 2.45) is 44.9 Å². The minimum absolute atomic E-state index is 0.105. The molecule has 160 valence electrons. The molecule has 2 fully saturated rings. The molecular formula is C17H21BrClN9O2. The third kappa shape index (κ3) is 1.80. The van der Waals surface area contributed by atoms with Crippen molar-refractivity contribution in [2.75, 3.05) is 13.1 Å². The topological polar surface area (TPSA) is 183 Å². The smallest absolute Gasteiger partial charge is 0.272 e. The van der Waals surface area contributed by atoms with E-state index in [0.29, 0.717) is 18.8 Å². The molecule has 6 rings (SSSR count). The van der Waals surface area contributed by atoms with E-state index in [1.54, 1.807) is 11.1 Å². The van der Waals surface area contributed by atoms with Crippen molar-refractivity contribution in [2.45, 2.75) is 28.8 Å². The lowest BCUT2D eigenvalue weighted by Gasteiger charge is -2.51. The van der Waals surface area contributed by atoms with E-state index in [-0.39, 0.29) is 29.7 Å². The summed E-state index contributed by atoms with van der Waals surface area (Å²) in [6, 6.07) is -0.506. The number of nitrogens with zero attached hydrogens (tertiary/aromatic N) is 3. The van der Waals surface area contributed by atoms with Gasteiger partial charge in [-0.25, -0.2) is 9.98 Å². The molecule has 30 heavy (non-hydrogen) atoms. The van der Waals surface area contributed by atoms with Crippen molar-refractivity contribution in [1.82, 2.24) is 20.5 Å². The minimum Gasteiger partial charge on any atom is -0.370 e. The number of aliphatic imine (C=N–C) groups is 2. The number of aliphatic hydroxyl groups is 1. The van der Waals surface area contributed by atoms with E-state index in [1.807, 2.05) is 0 Å². The van der Waals surface area contributed by atoms with Crippen molar-refractivity contribution >= 4 is 45.4 Å². The van der Waals surface area contributed by atoms with Crippen LogP contribution in [0.1, 0.15) is 22.1 Å². The Morgan fingerprint density at radius 1 is 1.33 bits per heavy atom. The molecule has 13 heteroatoms. The first-order chi connectivity index (χ1) is 14.3. The summed E-state index contributed by atoms with van der Waals surface area (Å²) in [5, 5.41) is 17.0. The van der Waals surface area contributed by atoms with Gasteiger partial charge in [-0.3, -0.25) is 4.79 Å². The molecule has 8 atom stereocenters. The Hall–Kier alpha value is -2.02. The predicted molar refractivity (Wildman–Crippen MR) is 112 cm³/mol. The van der Waals surface area contributed by atoms with E-state index >= 15 is 0 Å². The molecule has 0 aromatic carbocycles. The number of guanidine groups is 2. The van der Waals surface area contributed by atoms with Crippen LogP contribution in [0.4, 0.5) is 0 Å². The quantitative estimate of drug-likeness (QED) is 0.225. The van der Waals surface area contributed by atoms with Gasteiger partial charge in [0, 0.05) is 28.7 Å². The summed E-state index contributed by atoms with van der Waals surface area (Å²) >= 11 is 10.5. The van der Waals surface area contributed by atoms with Gasteiger partial charge in [0.15, 0.2) is 18.1 Å². The molecule has 1 aromatic heterocycles. The largest absolute Gasteiger partial charge is 0.370 e. The highest BCUT2D eigenvalue weighted by molar-refractivity contribution is 9.10. The molecule has 5 heterocycles. The molecule has 1 saturated heterocycles. The van der Waals surface area contributed by atoms with Crippen LogP contribution >= 0.6 is 27.5 Å². The van der Waals surface area contributed by atoms with Gasteiger partial charge < -0.3 is 42.8 Å². The molecule has 4 aliphatic heterocycles. The summed E-state index contributed by atoms with van der Waals surface area (Å²) in [7, 11) is 0. The Labute approximate surface area is 184 Å². The summed E-state index contributed by atoms with van der Waals surface area (Å²) in [5.41, 5.74) is 17.3. The highest BCUT2D eigenvalue weighted by Gasteiger charge is 2.79. The Balaban J connectivity index is 1.61. The SMILES string of the molecule is NC[C@@H]1[C@H]2CN3C(=O)c4[nH]cc(Br)c4[C@@H]4N=C(N)N[C@@]43[C@@H]2[C@]2(NC(N)=N[C@H]2O)[C@H]1Cl. The normalized spacial score (nSPS) is 45.5. The number of carbonyl (C=O) groups is 1. The number of carbonyl (C=O) groups excluding carboxylic acids is 1. The molecule has 1 aromatic rings. The molecule has 1 aliphatic carbocycles. The number of aromatic nitrogens is 1. The Bertz CT molecular complexity index is 1040. The van der Waals surface area contributed by atoms with Crippen molar-refractivity contribution in [1.29, 1.82) is 0 Å². The summed E-state index contributed by atoms with van der Waals surface area (Å²) in [4.78, 5) is 27.2. The summed E-state index contributed by atoms with van der Waals surface area (Å²) < 4.78 is 0.735. The first-order valence-electron chi connectivity index (χ1n) is 9.71. The molecule has 0 bridgehead atoms. The number of aromatic amines is 1. The molecule has 1 amide bonds. The third-order valence-corrected chi connectivity index (χ3v) is 8.90. The van der Waals surface area contributed by atoms with Gasteiger partial charge in [0.05, 0.1) is 5.38 Å². The number of hydrogen-bond acceptors (Lipinski definition) is 9. The zero-order valence-electron chi connectivity index (χ0n) is 15.6. The number of amides is 1. The first-order valence-corrected chi connectivity index (χ1v) is 10.9. The van der Waals surface area contributed by atoms with E-state index in [4.69, 9.17) is 28.8 Å². The second kappa shape index (κ2) is 5.61. The van der Waals surface area contributed by atoms with Crippen LogP contribution in [-0.4, -0.2) is 68.7 Å². The van der Waals surface area contributed by atoms with Gasteiger partial charge in [0.1, 0.15) is 22.9 Å². The molecule has 5 aliphatic rings. The number of hydrogen-bond donors (Lipinski definition) is 7. The summed E-state index contributed by atoms with van der Waals surface area (Å²) in [5.74, 6) is -0.555. The lowest BCUT2D eigenvalue weighted by molar-refractivity contribution is -0.0124. The monoisotopic (exact) mass is 497 g/mol. The fourth-order valence-electron chi connectivity index (χ4n) is 6.64. The maximum atomic E-state index is 13.6. The van der Waals surface area contributed by atoms with E-state index in [0.717, 1.165) is 10.0 Å². The molecular weight excluding hydrogens is 478 g/mol. The van der Waals surface area contributed by atoms with Crippen LogP contribution in [0.3, 0.4) is 0 Å². The highest BCUT2D eigenvalue weighted by Crippen LogP contribution is 2.64. The molecule has 11 nitrogen and oxygen atoms in total. The van der Waals surface area contributed by atoms with Gasteiger partial charge in [0.25, 0.3) is 5.91 Å². The van der Waals surface area contributed by atoms with E-state index < -0.39 is 34.8 Å². The maximum Gasteiger partial charge on any atom is 0.272 e. The van der Waals surface area contributed by atoms with Crippen molar-refractivity contribution in [3.8, 4) is 0 Å². The molecule has 1 saturated carbocycles. The van der Waals surface area contributed by atoms with Crippen LogP contribution in [0.2, 0.25) is 0 Å². The van der Waals surface area contributed by atoms with Gasteiger partial charge in [0.2, 0.25) is 0 Å². The summed E-state index contributed by atoms with van der Waals surface area (Å²) in [6.07, 6.45) is 0.523. The third-order valence-electron chi connectivity index (χ3n) is 7.56. The number of alkyl halides is 1. The summed E-state index contributed by atoms with van der Waals surface area (Å²) in [6.45, 7) is 0.687. The van der Waals surface area contributed by atoms with Gasteiger partial charge in [-0.05, 0) is 34.3 Å². The zero-order valence-corrected chi connectivity index (χ0v) is 18.0. The van der Waals surface area contributed by atoms with E-state index in [2.05, 4.69) is 41.5 Å². The average molecular weight is 499 g/mol. The van der Waals surface area contributed by atoms with E-state index in [1.165, 1.54) is 0 Å². The van der Waals surface area contributed by atoms with Gasteiger partial charge in [-0.1, -0.05) is 0 Å². The molecule has 0 unspecified atom stereocenters. The number of nitrogens with two attached hydrogens (primary N) is 3. The van der Waals surface area contributed by atoms with Crippen molar-refractivity contribution in [3.05, 3.63) is 21.9 Å². The predicted octanol–water partition coefficient (Wildman–Crippen LogP) is -1.69. The highest BCUT2D eigenvalue weighted by atomic mass is 79.9. The van der Waals surface area contributed by atoms with Crippen molar-refractivity contribution < 1.29 is 9.90 Å². The number of H-pyrrole nitrogens is 1. The second-order valence-electron chi connectivity index (χ2n) is 8.60. The fraction of sp³-hybridized carbons (Fsp3) is 0.588. The Morgan fingerprint density at radius 3 is 2.73 bits per heavy atom. The standard InChI is InChI=1S/C17H21BrClN9O2/c18-6-2-23-8-7(6)11-17(27-14(21)24-11)9-5(3-28(17)12(8)29)4(1-20)10(19)16(9)13(30)25-15(22)26-16/h2,4-5,9-11,13,23,30H,1,3,20H2,(H3,21,24,27)(H3,22,25,26)/t4-,5-,9+,10+,11+,13+,16+,17-/m1/s1. The lowest BCUT2D eigenvalue weighted by Crippen LogP contribution is -2.73. The number of aliphatic hydroxyl groups excluding tert-OH is 1. The van der Waals surface area contributed by atoms with Crippen LogP contribution in [-0.2, 0) is 0 Å². The van der Waals surface area contributed by atoms with Gasteiger partial charge in [-0.15, -0.1) is 11.6 Å². The van der Waals surface area contributed by atoms with Crippen LogP contribution in [0.5, 0.6) is 0 Å². The van der Waals surface area contributed by atoms with Crippen LogP contribution < -0.4 is 27.8 Å². The van der Waals surface area contributed by atoms with Crippen LogP contribution in [0.15, 0.2) is 20.7 Å². The van der Waals surface area contributed by atoms with Crippen LogP contribution in [0.25, 0.3) is 0 Å². The fourth-order valence-corrected chi connectivity index (χ4v) is 7.76. The number of nitrogens with one attached hydrogen (secondary N) is 3. The first kappa shape index (κ1) is 18.7. The molecule has 0 radical (unpaired) electrons. The zero-order chi connectivity index (χ0) is 21.2. The lowest BCUT2D eigenvalue weighted by atomic mass is 9.70. The van der Waals surface area contributed by atoms with Gasteiger partial charge in [-0.2, -0.15) is 0 Å². The maximum absolute atomic E-state index is 13.6. The molecule has 2 spiro atoms. The second-order valence-corrected chi connectivity index (χ2v) is 9.92. The van der Waals surface area contributed by atoms with Crippen molar-refractivity contribution in [3.63, 3.8) is 0 Å². The number of halogens is 2. The Kier molecular flexibility index (Phi) is 3.50.